The van der Waals surface area contributed by atoms with Gasteiger partial charge in [0, 0.05) is 25.0 Å². The molecule has 0 saturated carbocycles. The van der Waals surface area contributed by atoms with E-state index in [4.69, 9.17) is 0 Å². The quantitative estimate of drug-likeness (QED) is 0.823. The summed E-state index contributed by atoms with van der Waals surface area (Å²) in [5, 5.41) is 0. The molecule has 0 radical (unpaired) electrons. The summed E-state index contributed by atoms with van der Waals surface area (Å²) in [7, 11) is 0. The third-order valence-electron chi connectivity index (χ3n) is 4.76. The first-order valence-corrected chi connectivity index (χ1v) is 8.25. The zero-order valence-electron chi connectivity index (χ0n) is 13.5. The highest BCUT2D eigenvalue weighted by Crippen LogP contribution is 2.24. The molecule has 0 spiro atoms. The molecule has 2 saturated heterocycles. The highest BCUT2D eigenvalue weighted by molar-refractivity contribution is 5.98. The van der Waals surface area contributed by atoms with Gasteiger partial charge in [-0.05, 0) is 44.4 Å². The second-order valence-electron chi connectivity index (χ2n) is 6.57. The van der Waals surface area contributed by atoms with Gasteiger partial charge in [0.25, 0.3) is 0 Å². The van der Waals surface area contributed by atoms with Crippen LogP contribution >= 0.6 is 0 Å². The van der Waals surface area contributed by atoms with Crippen LogP contribution in [0.1, 0.15) is 36.5 Å². The highest BCUT2D eigenvalue weighted by atomic mass is 19.1. The molecule has 24 heavy (non-hydrogen) atoms. The van der Waals surface area contributed by atoms with E-state index in [1.165, 1.54) is 0 Å². The smallest absolute Gasteiger partial charge is 0.241 e. The number of likely N-dealkylation sites (tertiary alicyclic amines) is 1. The third kappa shape index (κ3) is 3.47. The zero-order valence-corrected chi connectivity index (χ0v) is 13.5. The first kappa shape index (κ1) is 17.0. The van der Waals surface area contributed by atoms with E-state index in [2.05, 4.69) is 10.9 Å². The first-order chi connectivity index (χ1) is 11.5. The van der Waals surface area contributed by atoms with Gasteiger partial charge in [-0.15, -0.1) is 0 Å². The van der Waals surface area contributed by atoms with Crippen LogP contribution < -0.4 is 10.9 Å². The van der Waals surface area contributed by atoms with Crippen molar-refractivity contribution < 1.29 is 18.4 Å². The van der Waals surface area contributed by atoms with Gasteiger partial charge in [-0.1, -0.05) is 0 Å². The Hall–Kier alpha value is -1.86. The summed E-state index contributed by atoms with van der Waals surface area (Å²) >= 11 is 0. The summed E-state index contributed by atoms with van der Waals surface area (Å²) in [6.07, 6.45) is 1.67. The van der Waals surface area contributed by atoms with Gasteiger partial charge in [-0.25, -0.2) is 14.2 Å². The van der Waals surface area contributed by atoms with Crippen molar-refractivity contribution in [2.75, 3.05) is 13.1 Å². The SMILES string of the molecule is CC1CC(C(=O)N2CCC(C(=O)c3cc(F)ccc3F)CC2)NN1. The number of carbonyl (C=O) groups is 2. The molecule has 2 unspecified atom stereocenters. The maximum absolute atomic E-state index is 13.8. The predicted octanol–water partition coefficient (Wildman–Crippen LogP) is 1.64. The molecule has 2 atom stereocenters. The molecule has 2 N–H and O–H groups in total. The second kappa shape index (κ2) is 6.94. The number of nitrogens with one attached hydrogen (secondary N) is 2. The molecule has 1 aromatic rings. The van der Waals surface area contributed by atoms with E-state index in [1.54, 1.807) is 4.90 Å². The highest BCUT2D eigenvalue weighted by Gasteiger charge is 2.34. The van der Waals surface area contributed by atoms with Crippen LogP contribution in [0.5, 0.6) is 0 Å². The number of halogens is 2. The van der Waals surface area contributed by atoms with E-state index >= 15 is 0 Å². The fourth-order valence-corrected chi connectivity index (χ4v) is 3.37. The summed E-state index contributed by atoms with van der Waals surface area (Å²) in [6.45, 7) is 2.91. The Kier molecular flexibility index (Phi) is 4.91. The largest absolute Gasteiger partial charge is 0.341 e. The molecule has 2 fully saturated rings. The maximum Gasteiger partial charge on any atom is 0.241 e. The second-order valence-corrected chi connectivity index (χ2v) is 6.57. The Labute approximate surface area is 139 Å². The average Bonchev–Trinajstić information content (AvgIpc) is 3.02. The summed E-state index contributed by atoms with van der Waals surface area (Å²) in [5.41, 5.74) is 5.80. The Bertz CT molecular complexity index is 645. The molecule has 0 bridgehead atoms. The Morgan fingerprint density at radius 2 is 1.88 bits per heavy atom. The lowest BCUT2D eigenvalue weighted by molar-refractivity contribution is -0.134. The van der Waals surface area contributed by atoms with Gasteiger partial charge in [0.15, 0.2) is 5.78 Å². The zero-order chi connectivity index (χ0) is 17.3. The van der Waals surface area contributed by atoms with Crippen molar-refractivity contribution >= 4 is 11.7 Å². The molecule has 1 aromatic carbocycles. The topological polar surface area (TPSA) is 61.4 Å². The lowest BCUT2D eigenvalue weighted by Gasteiger charge is -2.33. The van der Waals surface area contributed by atoms with Crippen molar-refractivity contribution in [1.29, 1.82) is 0 Å². The molecule has 0 aliphatic carbocycles. The molecule has 7 heteroatoms. The molecule has 2 aliphatic heterocycles. The minimum Gasteiger partial charge on any atom is -0.341 e. The molecular formula is C17H21F2N3O2. The van der Waals surface area contributed by atoms with Gasteiger partial charge in [0.1, 0.15) is 17.7 Å². The summed E-state index contributed by atoms with van der Waals surface area (Å²) in [5.74, 6) is -2.06. The number of carbonyl (C=O) groups excluding carboxylic acids is 2. The lowest BCUT2D eigenvalue weighted by Crippen LogP contribution is -2.49. The van der Waals surface area contributed by atoms with Crippen LogP contribution in [-0.4, -0.2) is 41.8 Å². The van der Waals surface area contributed by atoms with Crippen molar-refractivity contribution in [2.45, 2.75) is 38.3 Å². The van der Waals surface area contributed by atoms with Crippen LogP contribution in [0.3, 0.4) is 0 Å². The van der Waals surface area contributed by atoms with Crippen molar-refractivity contribution in [3.63, 3.8) is 0 Å². The molecule has 2 heterocycles. The minimum absolute atomic E-state index is 0.0229. The van der Waals surface area contributed by atoms with Crippen LogP contribution in [-0.2, 0) is 4.79 Å². The Morgan fingerprint density at radius 1 is 1.17 bits per heavy atom. The van der Waals surface area contributed by atoms with Gasteiger partial charge < -0.3 is 4.90 Å². The van der Waals surface area contributed by atoms with Gasteiger partial charge in [0.2, 0.25) is 5.91 Å². The van der Waals surface area contributed by atoms with Crippen molar-refractivity contribution in [3.8, 4) is 0 Å². The van der Waals surface area contributed by atoms with Gasteiger partial charge in [-0.2, -0.15) is 0 Å². The van der Waals surface area contributed by atoms with Crippen molar-refractivity contribution in [3.05, 3.63) is 35.4 Å². The molecule has 5 nitrogen and oxygen atoms in total. The first-order valence-electron chi connectivity index (χ1n) is 8.25. The molecule has 2 aliphatic rings. The van der Waals surface area contributed by atoms with Crippen molar-refractivity contribution in [1.82, 2.24) is 15.8 Å². The summed E-state index contributed by atoms with van der Waals surface area (Å²) in [4.78, 5) is 26.6. The van der Waals surface area contributed by atoms with Crippen LogP contribution in [0.25, 0.3) is 0 Å². The number of hydrogen-bond acceptors (Lipinski definition) is 4. The molecule has 0 aromatic heterocycles. The van der Waals surface area contributed by atoms with Gasteiger partial charge in [0.05, 0.1) is 5.56 Å². The van der Waals surface area contributed by atoms with E-state index < -0.39 is 11.6 Å². The van der Waals surface area contributed by atoms with E-state index in [9.17, 15) is 18.4 Å². The number of amides is 1. The average molecular weight is 337 g/mol. The number of hydrazine groups is 1. The van der Waals surface area contributed by atoms with Gasteiger partial charge >= 0.3 is 0 Å². The van der Waals surface area contributed by atoms with Crippen molar-refractivity contribution in [2.24, 2.45) is 5.92 Å². The van der Waals surface area contributed by atoms with E-state index in [0.29, 0.717) is 25.9 Å². The number of ketones is 1. The third-order valence-corrected chi connectivity index (χ3v) is 4.76. The number of Topliss-reactive ketones (excluding diaryl/α,β-unsaturated/α-hetero) is 1. The minimum atomic E-state index is -0.699. The number of nitrogens with zero attached hydrogens (tertiary/aromatic N) is 1. The molecule has 130 valence electrons. The number of rotatable bonds is 3. The molecular weight excluding hydrogens is 316 g/mol. The van der Waals surface area contributed by atoms with Crippen LogP contribution in [0, 0.1) is 17.6 Å². The molecule has 3 rings (SSSR count). The normalized spacial score (nSPS) is 25.0. The summed E-state index contributed by atoms with van der Waals surface area (Å²) < 4.78 is 27.0. The van der Waals surface area contributed by atoms with Crippen LogP contribution in [0.4, 0.5) is 8.78 Å². The van der Waals surface area contributed by atoms with Crippen LogP contribution in [0.15, 0.2) is 18.2 Å². The fraction of sp³-hybridized carbons (Fsp3) is 0.529. The monoisotopic (exact) mass is 337 g/mol. The number of hydrogen-bond donors (Lipinski definition) is 2. The fourth-order valence-electron chi connectivity index (χ4n) is 3.37. The summed E-state index contributed by atoms with van der Waals surface area (Å²) in [6, 6.07) is 2.92. The Morgan fingerprint density at radius 3 is 2.50 bits per heavy atom. The standard InChI is InChI=1S/C17H21F2N3O2/c1-10-8-15(21-20-10)17(24)22-6-4-11(5-7-22)16(23)13-9-12(18)2-3-14(13)19/h2-3,9-11,15,20-21H,4-8H2,1H3. The van der Waals surface area contributed by atoms with Gasteiger partial charge in [-0.3, -0.25) is 15.0 Å². The predicted molar refractivity (Wildman–Crippen MR) is 84.1 cm³/mol. The number of piperidine rings is 1. The Balaban J connectivity index is 1.59. The molecule has 1 amide bonds. The van der Waals surface area contributed by atoms with E-state index in [0.717, 1.165) is 24.6 Å². The van der Waals surface area contributed by atoms with Crippen LogP contribution in [0.2, 0.25) is 0 Å². The maximum atomic E-state index is 13.8. The van der Waals surface area contributed by atoms with E-state index in [1.807, 2.05) is 6.92 Å². The lowest BCUT2D eigenvalue weighted by atomic mass is 9.88. The number of benzene rings is 1. The van der Waals surface area contributed by atoms with E-state index in [-0.39, 0.29) is 35.3 Å².